The molecule has 0 amide bonds. The third-order valence-corrected chi connectivity index (χ3v) is 6.99. The molecule has 2 aromatic heterocycles. The fraction of sp³-hybridized carbons (Fsp3) is 0.318. The lowest BCUT2D eigenvalue weighted by Crippen LogP contribution is -2.25. The molecular weight excluding hydrogens is 436 g/mol. The number of esters is 1. The summed E-state index contributed by atoms with van der Waals surface area (Å²) in [5.41, 5.74) is 3.65. The van der Waals surface area contributed by atoms with E-state index in [-0.39, 0.29) is 6.42 Å². The van der Waals surface area contributed by atoms with Crippen LogP contribution in [0, 0.1) is 26.7 Å². The number of thiophene rings is 1. The van der Waals surface area contributed by atoms with Gasteiger partial charge in [-0.1, -0.05) is 23.7 Å². The number of methoxy groups -OCH3 is 1. The summed E-state index contributed by atoms with van der Waals surface area (Å²) >= 11 is 7.74. The Labute approximate surface area is 188 Å². The molecule has 31 heavy (non-hydrogen) atoms. The van der Waals surface area contributed by atoms with E-state index in [0.717, 1.165) is 32.3 Å². The summed E-state index contributed by atoms with van der Waals surface area (Å²) in [5, 5.41) is 10.2. The second-order valence-corrected chi connectivity index (χ2v) is 9.01. The SMILES string of the molecule is COC(=O)[C@H](CC=O)[C@@H]1N=C(c2ccc(Cl)cc2)c2c(sc(C)c2C)-n2c(C)nnc21. The van der Waals surface area contributed by atoms with Crippen LogP contribution < -0.4 is 0 Å². The average molecular weight is 457 g/mol. The number of fused-ring (bicyclic) bond motifs is 3. The van der Waals surface area contributed by atoms with E-state index >= 15 is 0 Å². The molecule has 2 atom stereocenters. The molecule has 7 nitrogen and oxygen atoms in total. The van der Waals surface area contributed by atoms with Crippen LogP contribution in [0.4, 0.5) is 0 Å². The van der Waals surface area contributed by atoms with Gasteiger partial charge in [0.1, 0.15) is 23.2 Å². The van der Waals surface area contributed by atoms with E-state index in [0.29, 0.717) is 23.0 Å². The van der Waals surface area contributed by atoms with Crippen molar-refractivity contribution in [2.75, 3.05) is 7.11 Å². The van der Waals surface area contributed by atoms with Gasteiger partial charge in [-0.25, -0.2) is 0 Å². The Morgan fingerprint density at radius 1 is 1.26 bits per heavy atom. The number of carbonyl (C=O) groups is 2. The summed E-state index contributed by atoms with van der Waals surface area (Å²) in [5.74, 6) is -0.129. The summed E-state index contributed by atoms with van der Waals surface area (Å²) in [6.07, 6.45) is 0.676. The van der Waals surface area contributed by atoms with Crippen LogP contribution in [0.2, 0.25) is 5.02 Å². The molecule has 1 aromatic carbocycles. The van der Waals surface area contributed by atoms with Crippen LogP contribution in [-0.4, -0.2) is 39.8 Å². The molecule has 0 N–H and O–H groups in total. The molecule has 4 rings (SSSR count). The van der Waals surface area contributed by atoms with E-state index in [4.69, 9.17) is 21.3 Å². The number of ether oxygens (including phenoxy) is 1. The van der Waals surface area contributed by atoms with Crippen molar-refractivity contribution in [3.8, 4) is 5.00 Å². The number of carbonyl (C=O) groups excluding carboxylic acids is 2. The molecule has 3 heterocycles. The van der Waals surface area contributed by atoms with Gasteiger partial charge in [0.05, 0.1) is 18.7 Å². The molecular formula is C22H21ClN4O3S. The van der Waals surface area contributed by atoms with Gasteiger partial charge in [0.2, 0.25) is 0 Å². The Hall–Kier alpha value is -2.84. The van der Waals surface area contributed by atoms with Crippen molar-refractivity contribution in [2.24, 2.45) is 10.9 Å². The maximum absolute atomic E-state index is 12.6. The normalized spacial score (nSPS) is 16.0. The van der Waals surface area contributed by atoms with Crippen LogP contribution >= 0.6 is 22.9 Å². The quantitative estimate of drug-likeness (QED) is 0.424. The first-order valence-electron chi connectivity index (χ1n) is 9.75. The number of aliphatic imine (C=N–C) groups is 1. The molecule has 0 unspecified atom stereocenters. The van der Waals surface area contributed by atoms with Gasteiger partial charge in [-0.3, -0.25) is 14.4 Å². The number of benzene rings is 1. The highest BCUT2D eigenvalue weighted by Crippen LogP contribution is 2.41. The van der Waals surface area contributed by atoms with Crippen molar-refractivity contribution in [1.29, 1.82) is 0 Å². The Morgan fingerprint density at radius 2 is 1.97 bits per heavy atom. The summed E-state index contributed by atoms with van der Waals surface area (Å²) in [6, 6.07) is 6.69. The Kier molecular flexibility index (Phi) is 5.77. The van der Waals surface area contributed by atoms with Crippen molar-refractivity contribution >= 4 is 40.9 Å². The highest BCUT2D eigenvalue weighted by atomic mass is 35.5. The fourth-order valence-corrected chi connectivity index (χ4v) is 5.17. The van der Waals surface area contributed by atoms with Crippen LogP contribution in [-0.2, 0) is 14.3 Å². The van der Waals surface area contributed by atoms with Crippen LogP contribution in [0.25, 0.3) is 5.00 Å². The Balaban J connectivity index is 2.05. The van der Waals surface area contributed by atoms with E-state index in [1.807, 2.05) is 35.8 Å². The predicted molar refractivity (Wildman–Crippen MR) is 119 cm³/mol. The molecule has 0 saturated carbocycles. The van der Waals surface area contributed by atoms with Crippen molar-refractivity contribution < 1.29 is 14.3 Å². The summed E-state index contributed by atoms with van der Waals surface area (Å²) in [7, 11) is 1.31. The summed E-state index contributed by atoms with van der Waals surface area (Å²) in [4.78, 5) is 30.2. The first kappa shape index (κ1) is 21.4. The van der Waals surface area contributed by atoms with Crippen LogP contribution in [0.5, 0.6) is 0 Å². The molecule has 1 aliphatic rings. The number of nitrogens with zero attached hydrogens (tertiary/aromatic N) is 4. The van der Waals surface area contributed by atoms with E-state index in [9.17, 15) is 9.59 Å². The monoisotopic (exact) mass is 456 g/mol. The number of halogens is 1. The van der Waals surface area contributed by atoms with E-state index < -0.39 is 17.9 Å². The molecule has 0 saturated heterocycles. The van der Waals surface area contributed by atoms with E-state index in [2.05, 4.69) is 24.0 Å². The standard InChI is InChI=1S/C22H21ClN4O3S/c1-11-12(2)31-21-17(11)18(14-5-7-15(23)8-6-14)24-19(16(9-10-28)22(29)30-4)20-26-25-13(3)27(20)21/h5-8,10,16,19H,9H2,1-4H3/t16-,19+/m1/s1. The third kappa shape index (κ3) is 3.59. The largest absolute Gasteiger partial charge is 0.469 e. The van der Waals surface area contributed by atoms with Gasteiger partial charge in [-0.2, -0.15) is 0 Å². The molecule has 160 valence electrons. The van der Waals surface area contributed by atoms with Crippen molar-refractivity contribution in [3.05, 3.63) is 62.5 Å². The maximum atomic E-state index is 12.6. The molecule has 0 fully saturated rings. The number of rotatable bonds is 5. The number of hydrogen-bond acceptors (Lipinski definition) is 7. The highest BCUT2D eigenvalue weighted by Gasteiger charge is 2.38. The Bertz CT molecular complexity index is 1200. The van der Waals surface area contributed by atoms with Gasteiger partial charge in [-0.15, -0.1) is 21.5 Å². The minimum atomic E-state index is -0.817. The molecule has 3 aromatic rings. The van der Waals surface area contributed by atoms with Crippen LogP contribution in [0.3, 0.4) is 0 Å². The van der Waals surface area contributed by atoms with Gasteiger partial charge < -0.3 is 9.53 Å². The average Bonchev–Trinajstić information content (AvgIpc) is 3.22. The third-order valence-electron chi connectivity index (χ3n) is 5.54. The number of aldehydes is 1. The molecule has 9 heteroatoms. The lowest BCUT2D eigenvalue weighted by molar-refractivity contribution is -0.147. The molecule has 0 radical (unpaired) electrons. The minimum Gasteiger partial charge on any atom is -0.469 e. The Morgan fingerprint density at radius 3 is 2.61 bits per heavy atom. The second kappa shape index (κ2) is 8.36. The molecule has 0 aliphatic carbocycles. The number of hydrogen-bond donors (Lipinski definition) is 0. The first-order chi connectivity index (χ1) is 14.9. The topological polar surface area (TPSA) is 86.4 Å². The zero-order valence-electron chi connectivity index (χ0n) is 17.5. The van der Waals surface area contributed by atoms with Gasteiger partial charge in [0.15, 0.2) is 5.82 Å². The zero-order chi connectivity index (χ0) is 22.3. The van der Waals surface area contributed by atoms with Crippen molar-refractivity contribution in [1.82, 2.24) is 14.8 Å². The fourth-order valence-electron chi connectivity index (χ4n) is 3.83. The number of aryl methyl sites for hydroxylation is 2. The smallest absolute Gasteiger partial charge is 0.311 e. The van der Waals surface area contributed by atoms with Gasteiger partial charge >= 0.3 is 5.97 Å². The second-order valence-electron chi connectivity index (χ2n) is 7.37. The van der Waals surface area contributed by atoms with E-state index in [1.54, 1.807) is 11.3 Å². The molecule has 0 spiro atoms. The lowest BCUT2D eigenvalue weighted by atomic mass is 9.95. The first-order valence-corrected chi connectivity index (χ1v) is 10.9. The zero-order valence-corrected chi connectivity index (χ0v) is 19.1. The number of aromatic nitrogens is 3. The maximum Gasteiger partial charge on any atom is 0.311 e. The minimum absolute atomic E-state index is 0.0354. The summed E-state index contributed by atoms with van der Waals surface area (Å²) in [6.45, 7) is 5.98. The van der Waals surface area contributed by atoms with Gasteiger partial charge in [0, 0.05) is 27.4 Å². The van der Waals surface area contributed by atoms with E-state index in [1.165, 1.54) is 7.11 Å². The van der Waals surface area contributed by atoms with Gasteiger partial charge in [0.25, 0.3) is 0 Å². The lowest BCUT2D eigenvalue weighted by Gasteiger charge is -2.20. The molecule has 1 aliphatic heterocycles. The van der Waals surface area contributed by atoms with Crippen LogP contribution in [0.1, 0.15) is 45.7 Å². The van der Waals surface area contributed by atoms with Crippen LogP contribution in [0.15, 0.2) is 29.3 Å². The highest BCUT2D eigenvalue weighted by molar-refractivity contribution is 7.15. The predicted octanol–water partition coefficient (Wildman–Crippen LogP) is 4.18. The van der Waals surface area contributed by atoms with Crippen molar-refractivity contribution in [3.63, 3.8) is 0 Å². The van der Waals surface area contributed by atoms with Gasteiger partial charge in [-0.05, 0) is 38.5 Å². The van der Waals surface area contributed by atoms with Crippen molar-refractivity contribution in [2.45, 2.75) is 33.2 Å². The summed E-state index contributed by atoms with van der Waals surface area (Å²) < 4.78 is 6.94. The molecule has 0 bridgehead atoms.